The van der Waals surface area contributed by atoms with Gasteiger partial charge >= 0.3 is 6.09 Å². The van der Waals surface area contributed by atoms with Crippen molar-refractivity contribution >= 4 is 29.0 Å². The van der Waals surface area contributed by atoms with Crippen molar-refractivity contribution in [3.8, 4) is 5.75 Å². The standard InChI is InChI=1S/C22H29N7O2/c23-17-14-21(24)25-15-19(17)27-26-18-6-2-3-7-20(18)31-22(30)29-12-8-16(9-13-29)28-10-4-1-5-11-28/h2-3,6-7,14-16H,1,4-5,8-13H2,(H4,23,24,25)/b27-26+. The minimum absolute atomic E-state index is 0.315. The molecule has 0 atom stereocenters. The molecule has 164 valence electrons. The SMILES string of the molecule is Nc1cc(N)c(/N=N/c2ccccc2OC(=O)N2CCC(N3CCCCC3)CC2)cn1. The van der Waals surface area contributed by atoms with Crippen LogP contribution in [-0.4, -0.2) is 53.1 Å². The molecule has 4 N–H and O–H groups in total. The zero-order valence-corrected chi connectivity index (χ0v) is 17.6. The predicted octanol–water partition coefficient (Wildman–Crippen LogP) is 4.11. The molecule has 0 aliphatic carbocycles. The number of aromatic nitrogens is 1. The third-order valence-electron chi connectivity index (χ3n) is 5.89. The van der Waals surface area contributed by atoms with Gasteiger partial charge < -0.3 is 26.0 Å². The molecule has 2 fully saturated rings. The van der Waals surface area contributed by atoms with Crippen molar-refractivity contribution in [3.63, 3.8) is 0 Å². The highest BCUT2D eigenvalue weighted by atomic mass is 16.6. The van der Waals surface area contributed by atoms with E-state index in [0.717, 1.165) is 12.8 Å². The Kier molecular flexibility index (Phi) is 6.61. The summed E-state index contributed by atoms with van der Waals surface area (Å²) >= 11 is 0. The number of likely N-dealkylation sites (tertiary alicyclic amines) is 2. The van der Waals surface area contributed by atoms with Crippen LogP contribution in [0.4, 0.5) is 27.7 Å². The van der Waals surface area contributed by atoms with Crippen molar-refractivity contribution in [3.05, 3.63) is 36.5 Å². The summed E-state index contributed by atoms with van der Waals surface area (Å²) < 4.78 is 5.66. The Morgan fingerprint density at radius 2 is 1.71 bits per heavy atom. The molecule has 9 heteroatoms. The lowest BCUT2D eigenvalue weighted by Gasteiger charge is -2.39. The zero-order chi connectivity index (χ0) is 21.6. The van der Waals surface area contributed by atoms with Gasteiger partial charge in [0, 0.05) is 25.2 Å². The topological polar surface area (TPSA) is 122 Å². The molecule has 0 radical (unpaired) electrons. The van der Waals surface area contributed by atoms with Gasteiger partial charge in [-0.2, -0.15) is 0 Å². The summed E-state index contributed by atoms with van der Waals surface area (Å²) in [6.45, 7) is 3.78. The maximum Gasteiger partial charge on any atom is 0.415 e. The van der Waals surface area contributed by atoms with Crippen LogP contribution in [0.5, 0.6) is 5.75 Å². The molecule has 1 aromatic carbocycles. The summed E-state index contributed by atoms with van der Waals surface area (Å²) in [7, 11) is 0. The van der Waals surface area contributed by atoms with E-state index >= 15 is 0 Å². The number of azo groups is 1. The van der Waals surface area contributed by atoms with Crippen LogP contribution < -0.4 is 16.2 Å². The second-order valence-corrected chi connectivity index (χ2v) is 8.02. The molecule has 0 spiro atoms. The predicted molar refractivity (Wildman–Crippen MR) is 120 cm³/mol. The number of rotatable bonds is 4. The van der Waals surface area contributed by atoms with Gasteiger partial charge in [-0.3, -0.25) is 0 Å². The lowest BCUT2D eigenvalue weighted by atomic mass is 10.0. The average molecular weight is 424 g/mol. The second kappa shape index (κ2) is 9.74. The first-order valence-corrected chi connectivity index (χ1v) is 10.8. The fourth-order valence-corrected chi connectivity index (χ4v) is 4.15. The van der Waals surface area contributed by atoms with Crippen LogP contribution in [0, 0.1) is 0 Å². The number of amides is 1. The van der Waals surface area contributed by atoms with Crippen LogP contribution in [0.25, 0.3) is 0 Å². The van der Waals surface area contributed by atoms with Gasteiger partial charge in [-0.15, -0.1) is 10.2 Å². The Hall–Kier alpha value is -3.20. The number of nitrogens with zero attached hydrogens (tertiary/aromatic N) is 5. The van der Waals surface area contributed by atoms with Gasteiger partial charge in [-0.1, -0.05) is 18.6 Å². The van der Waals surface area contributed by atoms with Crippen molar-refractivity contribution < 1.29 is 9.53 Å². The van der Waals surface area contributed by atoms with Crippen molar-refractivity contribution in [1.82, 2.24) is 14.8 Å². The average Bonchev–Trinajstić information content (AvgIpc) is 2.80. The van der Waals surface area contributed by atoms with Crippen LogP contribution >= 0.6 is 0 Å². The smallest absolute Gasteiger partial charge is 0.408 e. The molecule has 2 aliphatic rings. The summed E-state index contributed by atoms with van der Waals surface area (Å²) in [5.74, 6) is 0.672. The Bertz CT molecular complexity index is 935. The number of carbonyl (C=O) groups excluding carboxylic acids is 1. The number of piperidine rings is 2. The van der Waals surface area contributed by atoms with Gasteiger partial charge in [0.05, 0.1) is 11.9 Å². The summed E-state index contributed by atoms with van der Waals surface area (Å²) in [4.78, 5) is 21.1. The molecule has 0 unspecified atom stereocenters. The Labute approximate surface area is 182 Å². The Morgan fingerprint density at radius 1 is 1.00 bits per heavy atom. The number of hydrogen-bond acceptors (Lipinski definition) is 8. The third-order valence-corrected chi connectivity index (χ3v) is 5.89. The molecule has 0 saturated carbocycles. The van der Waals surface area contributed by atoms with Crippen molar-refractivity contribution in [2.24, 2.45) is 10.2 Å². The van der Waals surface area contributed by atoms with Crippen LogP contribution in [0.2, 0.25) is 0 Å². The van der Waals surface area contributed by atoms with E-state index in [1.807, 2.05) is 0 Å². The molecule has 1 amide bonds. The van der Waals surface area contributed by atoms with Gasteiger partial charge in [0.25, 0.3) is 0 Å². The van der Waals surface area contributed by atoms with E-state index < -0.39 is 0 Å². The van der Waals surface area contributed by atoms with Gasteiger partial charge in [0.1, 0.15) is 17.2 Å². The lowest BCUT2D eigenvalue weighted by Crippen LogP contribution is -2.48. The molecule has 1 aromatic heterocycles. The summed E-state index contributed by atoms with van der Waals surface area (Å²) in [6, 6.07) is 9.13. The molecule has 2 saturated heterocycles. The molecule has 9 nitrogen and oxygen atoms in total. The van der Waals surface area contributed by atoms with Gasteiger partial charge in [0.2, 0.25) is 0 Å². The number of ether oxygens (including phenoxy) is 1. The normalized spacial score (nSPS) is 18.4. The van der Waals surface area contributed by atoms with Crippen molar-refractivity contribution in [2.75, 3.05) is 37.6 Å². The van der Waals surface area contributed by atoms with E-state index in [4.69, 9.17) is 16.2 Å². The van der Waals surface area contributed by atoms with Gasteiger partial charge in [0.15, 0.2) is 5.75 Å². The van der Waals surface area contributed by atoms with Gasteiger partial charge in [-0.25, -0.2) is 9.78 Å². The maximum atomic E-state index is 12.7. The van der Waals surface area contributed by atoms with E-state index in [2.05, 4.69) is 20.1 Å². The van der Waals surface area contributed by atoms with E-state index in [1.165, 1.54) is 44.6 Å². The van der Waals surface area contributed by atoms with E-state index in [1.54, 1.807) is 29.2 Å². The fraction of sp³-hybridized carbons (Fsp3) is 0.455. The number of carbonyl (C=O) groups is 1. The summed E-state index contributed by atoms with van der Waals surface area (Å²) in [5, 5.41) is 8.33. The monoisotopic (exact) mass is 423 g/mol. The lowest BCUT2D eigenvalue weighted by molar-refractivity contribution is 0.0879. The fourth-order valence-electron chi connectivity index (χ4n) is 4.15. The van der Waals surface area contributed by atoms with E-state index in [-0.39, 0.29) is 6.09 Å². The van der Waals surface area contributed by atoms with E-state index in [9.17, 15) is 4.79 Å². The largest absolute Gasteiger partial charge is 0.415 e. The maximum absolute atomic E-state index is 12.7. The number of para-hydroxylation sites is 1. The molecule has 3 heterocycles. The number of benzene rings is 1. The van der Waals surface area contributed by atoms with Crippen molar-refractivity contribution in [2.45, 2.75) is 38.1 Å². The molecule has 2 aromatic rings. The quantitative estimate of drug-likeness (QED) is 0.714. The van der Waals surface area contributed by atoms with Crippen LogP contribution in [-0.2, 0) is 0 Å². The Morgan fingerprint density at radius 3 is 2.45 bits per heavy atom. The first kappa shape index (κ1) is 21.0. The number of nitrogen functional groups attached to an aromatic ring is 2. The highest BCUT2D eigenvalue weighted by Crippen LogP contribution is 2.31. The van der Waals surface area contributed by atoms with Crippen LogP contribution in [0.15, 0.2) is 46.8 Å². The first-order chi connectivity index (χ1) is 15.1. The zero-order valence-electron chi connectivity index (χ0n) is 17.6. The van der Waals surface area contributed by atoms with Crippen molar-refractivity contribution in [1.29, 1.82) is 0 Å². The second-order valence-electron chi connectivity index (χ2n) is 8.02. The van der Waals surface area contributed by atoms with Gasteiger partial charge in [-0.05, 0) is 50.9 Å². The highest BCUT2D eigenvalue weighted by Gasteiger charge is 2.28. The number of pyridine rings is 1. The van der Waals surface area contributed by atoms with E-state index in [0.29, 0.717) is 47.8 Å². The Balaban J connectivity index is 1.37. The molecule has 31 heavy (non-hydrogen) atoms. The molecule has 2 aliphatic heterocycles. The summed E-state index contributed by atoms with van der Waals surface area (Å²) in [6.07, 6.45) is 6.97. The number of anilines is 2. The molecular formula is C22H29N7O2. The third kappa shape index (κ3) is 5.29. The highest BCUT2D eigenvalue weighted by molar-refractivity contribution is 5.73. The minimum atomic E-state index is -0.353. The summed E-state index contributed by atoms with van der Waals surface area (Å²) in [5.41, 5.74) is 12.7. The number of hydrogen-bond donors (Lipinski definition) is 2. The molecule has 4 rings (SSSR count). The van der Waals surface area contributed by atoms with Crippen LogP contribution in [0.3, 0.4) is 0 Å². The number of nitrogens with two attached hydrogens (primary N) is 2. The first-order valence-electron chi connectivity index (χ1n) is 10.8. The van der Waals surface area contributed by atoms with Crippen LogP contribution in [0.1, 0.15) is 32.1 Å². The minimum Gasteiger partial charge on any atom is -0.408 e. The molecule has 0 bridgehead atoms. The molecular weight excluding hydrogens is 394 g/mol.